The van der Waals surface area contributed by atoms with Crippen LogP contribution in [0.25, 0.3) is 4.96 Å². The first-order valence-corrected chi connectivity index (χ1v) is 8.29. The molecule has 3 aromatic rings. The van der Waals surface area contributed by atoms with Crippen LogP contribution in [0.1, 0.15) is 19.0 Å². The molecule has 0 bridgehead atoms. The van der Waals surface area contributed by atoms with Crippen LogP contribution < -0.4 is 5.32 Å². The summed E-state index contributed by atoms with van der Waals surface area (Å²) in [6.45, 7) is 4.02. The molecule has 0 spiro atoms. The van der Waals surface area contributed by atoms with Crippen LogP contribution in [0.3, 0.4) is 0 Å². The van der Waals surface area contributed by atoms with E-state index < -0.39 is 0 Å². The molecule has 0 aliphatic heterocycles. The predicted octanol–water partition coefficient (Wildman–Crippen LogP) is 2.78. The third-order valence-corrected chi connectivity index (χ3v) is 4.86. The predicted molar refractivity (Wildman–Crippen MR) is 82.4 cm³/mol. The van der Waals surface area contributed by atoms with Crippen LogP contribution in [0.2, 0.25) is 0 Å². The normalized spacial score (nSPS) is 11.5. The Kier molecular flexibility index (Phi) is 4.09. The minimum atomic E-state index is 0.832. The summed E-state index contributed by atoms with van der Waals surface area (Å²) in [6, 6.07) is 0. The minimum Gasteiger partial charge on any atom is -0.329 e. The quantitative estimate of drug-likeness (QED) is 0.711. The van der Waals surface area contributed by atoms with Crippen molar-refractivity contribution in [1.29, 1.82) is 0 Å². The number of rotatable bonds is 6. The maximum absolute atomic E-state index is 4.72. The number of hydrogen-bond acceptors (Lipinski definition) is 5. The molecule has 0 fully saturated rings. The van der Waals surface area contributed by atoms with Crippen LogP contribution in [-0.4, -0.2) is 25.5 Å². The summed E-state index contributed by atoms with van der Waals surface area (Å²) >= 11 is 3.28. The molecule has 7 heteroatoms. The number of fused-ring (bicyclic) bond motifs is 1. The molecule has 0 saturated carbocycles. The summed E-state index contributed by atoms with van der Waals surface area (Å²) < 4.78 is 4.18. The molecule has 0 saturated heterocycles. The zero-order chi connectivity index (χ0) is 13.9. The van der Waals surface area contributed by atoms with Gasteiger partial charge in [0.05, 0.1) is 5.69 Å². The van der Waals surface area contributed by atoms with Crippen LogP contribution in [-0.2, 0) is 13.6 Å². The van der Waals surface area contributed by atoms with E-state index in [9.17, 15) is 0 Å². The molecule has 1 N–H and O–H groups in total. The lowest BCUT2D eigenvalue weighted by Crippen LogP contribution is -2.15. The molecule has 0 aromatic carbocycles. The maximum Gasteiger partial charge on any atom is 0.194 e. The molecule has 3 aromatic heterocycles. The Bertz CT molecular complexity index is 697. The average molecular weight is 307 g/mol. The zero-order valence-corrected chi connectivity index (χ0v) is 13.2. The van der Waals surface area contributed by atoms with Gasteiger partial charge in [-0.1, -0.05) is 6.92 Å². The van der Waals surface area contributed by atoms with E-state index in [1.165, 1.54) is 5.69 Å². The largest absolute Gasteiger partial charge is 0.329 e. The molecule has 0 unspecified atom stereocenters. The number of nitrogens with zero attached hydrogens (tertiary/aromatic N) is 4. The van der Waals surface area contributed by atoms with E-state index in [1.807, 2.05) is 24.0 Å². The molecular weight excluding hydrogens is 290 g/mol. The van der Waals surface area contributed by atoms with E-state index in [4.69, 9.17) is 4.98 Å². The van der Waals surface area contributed by atoms with Gasteiger partial charge in [0.25, 0.3) is 0 Å². The van der Waals surface area contributed by atoms with Crippen LogP contribution >= 0.6 is 23.1 Å². The molecule has 20 heavy (non-hydrogen) atoms. The number of aryl methyl sites for hydroxylation is 1. The SMILES string of the molecule is CCCNCc1c(Sc2nccn2C)nc2sccn12. The van der Waals surface area contributed by atoms with Gasteiger partial charge in [0, 0.05) is 37.6 Å². The maximum atomic E-state index is 4.72. The van der Waals surface area contributed by atoms with Gasteiger partial charge in [0.2, 0.25) is 0 Å². The highest BCUT2D eigenvalue weighted by Crippen LogP contribution is 2.30. The Morgan fingerprint density at radius 2 is 2.30 bits per heavy atom. The number of aromatic nitrogens is 4. The molecule has 5 nitrogen and oxygen atoms in total. The Morgan fingerprint density at radius 3 is 3.05 bits per heavy atom. The van der Waals surface area contributed by atoms with Crippen molar-refractivity contribution < 1.29 is 0 Å². The summed E-state index contributed by atoms with van der Waals surface area (Å²) in [4.78, 5) is 10.1. The van der Waals surface area contributed by atoms with Gasteiger partial charge in [-0.2, -0.15) is 0 Å². The topological polar surface area (TPSA) is 47.2 Å². The van der Waals surface area contributed by atoms with Crippen LogP contribution in [0.5, 0.6) is 0 Å². The summed E-state index contributed by atoms with van der Waals surface area (Å²) in [6.07, 6.45) is 6.98. The number of hydrogen-bond donors (Lipinski definition) is 1. The molecule has 0 atom stereocenters. The van der Waals surface area contributed by atoms with Crippen molar-refractivity contribution in [2.75, 3.05) is 6.54 Å². The lowest BCUT2D eigenvalue weighted by molar-refractivity contribution is 0.652. The molecule has 0 aliphatic carbocycles. The van der Waals surface area contributed by atoms with Crippen molar-refractivity contribution in [3.63, 3.8) is 0 Å². The fourth-order valence-electron chi connectivity index (χ4n) is 1.98. The molecule has 3 rings (SSSR count). The van der Waals surface area contributed by atoms with Crippen molar-refractivity contribution >= 4 is 28.1 Å². The van der Waals surface area contributed by atoms with Gasteiger partial charge in [-0.25, -0.2) is 9.97 Å². The van der Waals surface area contributed by atoms with Crippen molar-refractivity contribution in [1.82, 2.24) is 24.3 Å². The summed E-state index contributed by atoms with van der Waals surface area (Å²) in [5.41, 5.74) is 1.21. The van der Waals surface area contributed by atoms with Gasteiger partial charge in [0.15, 0.2) is 10.1 Å². The Balaban J connectivity index is 1.90. The molecule has 0 amide bonds. The highest BCUT2D eigenvalue weighted by Gasteiger charge is 2.15. The summed E-state index contributed by atoms with van der Waals surface area (Å²) in [5, 5.41) is 7.53. The van der Waals surface area contributed by atoms with Crippen molar-refractivity contribution in [2.45, 2.75) is 30.1 Å². The average Bonchev–Trinajstić information content (AvgIpc) is 3.10. The zero-order valence-electron chi connectivity index (χ0n) is 11.5. The monoisotopic (exact) mass is 307 g/mol. The molecule has 0 radical (unpaired) electrons. The van der Waals surface area contributed by atoms with Gasteiger partial charge in [-0.3, -0.25) is 4.40 Å². The molecule has 3 heterocycles. The second-order valence-corrected chi connectivity index (χ2v) is 6.35. The number of imidazole rings is 2. The van der Waals surface area contributed by atoms with E-state index in [0.29, 0.717) is 0 Å². The Morgan fingerprint density at radius 1 is 1.40 bits per heavy atom. The van der Waals surface area contributed by atoms with Crippen LogP contribution in [0.4, 0.5) is 0 Å². The van der Waals surface area contributed by atoms with E-state index in [1.54, 1.807) is 23.1 Å². The van der Waals surface area contributed by atoms with Crippen LogP contribution in [0, 0.1) is 0 Å². The first-order valence-electron chi connectivity index (χ1n) is 6.60. The Hall–Kier alpha value is -1.31. The van der Waals surface area contributed by atoms with Crippen molar-refractivity contribution in [2.24, 2.45) is 7.05 Å². The van der Waals surface area contributed by atoms with E-state index in [2.05, 4.69) is 33.2 Å². The third-order valence-electron chi connectivity index (χ3n) is 3.01. The molecule has 0 aliphatic rings. The second-order valence-electron chi connectivity index (χ2n) is 4.52. The fourth-order valence-corrected chi connectivity index (χ4v) is 3.68. The standard InChI is InChI=1S/C13H17N5S2/c1-3-4-14-9-10-11(16-13-18(10)7-8-19-13)20-12-15-5-6-17(12)2/h5-8,14H,3-4,9H2,1-2H3. The van der Waals surface area contributed by atoms with E-state index in [0.717, 1.165) is 34.7 Å². The fraction of sp³-hybridized carbons (Fsp3) is 0.385. The third kappa shape index (κ3) is 2.61. The van der Waals surface area contributed by atoms with Gasteiger partial charge >= 0.3 is 0 Å². The van der Waals surface area contributed by atoms with Crippen molar-refractivity contribution in [3.05, 3.63) is 29.7 Å². The van der Waals surface area contributed by atoms with Crippen molar-refractivity contribution in [3.8, 4) is 0 Å². The van der Waals surface area contributed by atoms with Gasteiger partial charge < -0.3 is 9.88 Å². The first kappa shape index (κ1) is 13.7. The van der Waals surface area contributed by atoms with Crippen LogP contribution in [0.15, 0.2) is 34.2 Å². The number of thiazole rings is 1. The van der Waals surface area contributed by atoms with Gasteiger partial charge in [0.1, 0.15) is 5.03 Å². The molecule has 106 valence electrons. The number of nitrogens with one attached hydrogen (secondary N) is 1. The van der Waals surface area contributed by atoms with Gasteiger partial charge in [-0.05, 0) is 24.7 Å². The van der Waals surface area contributed by atoms with E-state index in [-0.39, 0.29) is 0 Å². The minimum absolute atomic E-state index is 0.832. The highest BCUT2D eigenvalue weighted by molar-refractivity contribution is 7.99. The second kappa shape index (κ2) is 5.99. The summed E-state index contributed by atoms with van der Waals surface area (Å²) in [5.74, 6) is 0. The van der Waals surface area contributed by atoms with E-state index >= 15 is 0 Å². The van der Waals surface area contributed by atoms with Gasteiger partial charge in [-0.15, -0.1) is 11.3 Å². The smallest absolute Gasteiger partial charge is 0.194 e. The summed E-state index contributed by atoms with van der Waals surface area (Å²) in [7, 11) is 2.00. The lowest BCUT2D eigenvalue weighted by atomic mass is 10.4. The highest BCUT2D eigenvalue weighted by atomic mass is 32.2. The first-order chi connectivity index (χ1) is 9.79. The lowest BCUT2D eigenvalue weighted by Gasteiger charge is -2.05. The Labute approximate surface area is 126 Å². The molecular formula is C13H17N5S2.